The van der Waals surface area contributed by atoms with Crippen LogP contribution in [0.4, 0.5) is 0 Å². The molecule has 1 fully saturated rings. The Morgan fingerprint density at radius 2 is 2.16 bits per heavy atom. The van der Waals surface area contributed by atoms with Crippen LogP contribution in [0.5, 0.6) is 0 Å². The second-order valence-electron chi connectivity index (χ2n) is 5.01. The van der Waals surface area contributed by atoms with Crippen molar-refractivity contribution in [2.75, 3.05) is 13.7 Å². The number of ether oxygens (including phenoxy) is 1. The van der Waals surface area contributed by atoms with Crippen molar-refractivity contribution in [3.63, 3.8) is 0 Å². The summed E-state index contributed by atoms with van der Waals surface area (Å²) in [5, 5.41) is 1.97. The zero-order chi connectivity index (χ0) is 13.5. The van der Waals surface area contributed by atoms with Crippen molar-refractivity contribution in [3.8, 4) is 0 Å². The average Bonchev–Trinajstić information content (AvgIpc) is 2.67. The van der Waals surface area contributed by atoms with E-state index in [9.17, 15) is 4.79 Å². The highest BCUT2D eigenvalue weighted by atomic mass is 32.1. The van der Waals surface area contributed by atoms with Gasteiger partial charge in [-0.3, -0.25) is 4.79 Å². The van der Waals surface area contributed by atoms with Crippen molar-refractivity contribution in [3.05, 3.63) is 16.4 Å². The van der Waals surface area contributed by atoms with Gasteiger partial charge in [0, 0.05) is 31.1 Å². The van der Waals surface area contributed by atoms with Crippen molar-refractivity contribution < 1.29 is 9.53 Å². The van der Waals surface area contributed by atoms with Gasteiger partial charge in [0.1, 0.15) is 0 Å². The molecular formula is C14H22N2O2S. The van der Waals surface area contributed by atoms with E-state index < -0.39 is 0 Å². The van der Waals surface area contributed by atoms with Crippen LogP contribution in [0.15, 0.2) is 16.6 Å². The molecule has 4 nitrogen and oxygen atoms in total. The van der Waals surface area contributed by atoms with E-state index in [4.69, 9.17) is 4.74 Å². The summed E-state index contributed by atoms with van der Waals surface area (Å²) in [5.41, 5.74) is 0. The van der Waals surface area contributed by atoms with Gasteiger partial charge < -0.3 is 9.30 Å². The van der Waals surface area contributed by atoms with Crippen LogP contribution >= 0.6 is 11.3 Å². The van der Waals surface area contributed by atoms with Crippen molar-refractivity contribution in [1.29, 1.82) is 0 Å². The molecule has 0 unspecified atom stereocenters. The molecule has 0 bridgehead atoms. The summed E-state index contributed by atoms with van der Waals surface area (Å²) < 4.78 is 7.05. The minimum atomic E-state index is 0.0653. The van der Waals surface area contributed by atoms with Crippen LogP contribution in [0.2, 0.25) is 0 Å². The fourth-order valence-electron chi connectivity index (χ4n) is 2.46. The first kappa shape index (κ1) is 14.5. The van der Waals surface area contributed by atoms with Gasteiger partial charge in [-0.2, -0.15) is 4.99 Å². The lowest BCUT2D eigenvalue weighted by Crippen LogP contribution is -2.21. The average molecular weight is 282 g/mol. The lowest BCUT2D eigenvalue weighted by molar-refractivity contribution is -0.122. The predicted octanol–water partition coefficient (Wildman–Crippen LogP) is 2.59. The highest BCUT2D eigenvalue weighted by Gasteiger charge is 2.19. The Balaban J connectivity index is 2.06. The van der Waals surface area contributed by atoms with Gasteiger partial charge in [0.05, 0.1) is 6.61 Å². The molecule has 19 heavy (non-hydrogen) atoms. The Morgan fingerprint density at radius 1 is 1.42 bits per heavy atom. The molecule has 0 atom stereocenters. The minimum Gasteiger partial charge on any atom is -0.383 e. The van der Waals surface area contributed by atoms with Crippen molar-refractivity contribution in [1.82, 2.24) is 4.57 Å². The summed E-state index contributed by atoms with van der Waals surface area (Å²) >= 11 is 1.52. The largest absolute Gasteiger partial charge is 0.383 e. The number of carbonyl (C=O) groups is 1. The maximum Gasteiger partial charge on any atom is 0.251 e. The van der Waals surface area contributed by atoms with Gasteiger partial charge in [-0.15, -0.1) is 11.3 Å². The number of aromatic nitrogens is 1. The quantitative estimate of drug-likeness (QED) is 0.797. The van der Waals surface area contributed by atoms with Crippen LogP contribution in [0.1, 0.15) is 38.5 Å². The van der Waals surface area contributed by atoms with Crippen LogP contribution in [0, 0.1) is 5.92 Å². The first-order valence-corrected chi connectivity index (χ1v) is 7.90. The van der Waals surface area contributed by atoms with Crippen molar-refractivity contribution in [2.24, 2.45) is 10.9 Å². The molecule has 0 radical (unpaired) electrons. The molecule has 0 N–H and O–H groups in total. The monoisotopic (exact) mass is 282 g/mol. The summed E-state index contributed by atoms with van der Waals surface area (Å²) in [6.45, 7) is 1.39. The Labute approximate surface area is 118 Å². The first-order chi connectivity index (χ1) is 9.31. The highest BCUT2D eigenvalue weighted by Crippen LogP contribution is 2.23. The first-order valence-electron chi connectivity index (χ1n) is 7.02. The smallest absolute Gasteiger partial charge is 0.251 e. The van der Waals surface area contributed by atoms with Crippen LogP contribution in [-0.4, -0.2) is 24.2 Å². The molecule has 1 aromatic heterocycles. The predicted molar refractivity (Wildman–Crippen MR) is 75.9 cm³/mol. The number of amides is 1. The van der Waals surface area contributed by atoms with Gasteiger partial charge >= 0.3 is 0 Å². The molecular weight excluding hydrogens is 260 g/mol. The van der Waals surface area contributed by atoms with E-state index in [1.165, 1.54) is 37.0 Å². The summed E-state index contributed by atoms with van der Waals surface area (Å²) in [6, 6.07) is 0. The van der Waals surface area contributed by atoms with Crippen LogP contribution < -0.4 is 4.80 Å². The molecule has 1 saturated carbocycles. The fraction of sp³-hybridized carbons (Fsp3) is 0.714. The van der Waals surface area contributed by atoms with Crippen LogP contribution in [-0.2, 0) is 16.1 Å². The summed E-state index contributed by atoms with van der Waals surface area (Å²) in [4.78, 5) is 17.4. The zero-order valence-electron chi connectivity index (χ0n) is 11.5. The lowest BCUT2D eigenvalue weighted by atomic mass is 10.00. The number of rotatable bonds is 4. The van der Waals surface area contributed by atoms with Crippen molar-refractivity contribution >= 4 is 17.2 Å². The molecule has 0 saturated heterocycles. The molecule has 1 aliphatic carbocycles. The summed E-state index contributed by atoms with van der Waals surface area (Å²) in [7, 11) is 1.68. The van der Waals surface area contributed by atoms with Gasteiger partial charge in [0.15, 0.2) is 4.80 Å². The Bertz CT molecular complexity index is 456. The number of hydrogen-bond donors (Lipinski definition) is 0. The third kappa shape index (κ3) is 4.28. The van der Waals surface area contributed by atoms with Gasteiger partial charge in [-0.1, -0.05) is 25.7 Å². The summed E-state index contributed by atoms with van der Waals surface area (Å²) in [5.74, 6) is 0.205. The van der Waals surface area contributed by atoms with Gasteiger partial charge in [0.2, 0.25) is 0 Å². The lowest BCUT2D eigenvalue weighted by Gasteiger charge is -2.08. The standard InChI is InChI=1S/C14H22N2O2S/c1-18-10-8-16-9-11-19-14(16)15-13(17)12-6-4-2-3-5-7-12/h9,11-12H,2-8,10H2,1H3/b15-14-. The Morgan fingerprint density at radius 3 is 2.84 bits per heavy atom. The van der Waals surface area contributed by atoms with E-state index in [0.29, 0.717) is 6.61 Å². The number of carbonyl (C=O) groups excluding carboxylic acids is 1. The molecule has 0 aromatic carbocycles. The molecule has 0 aliphatic heterocycles. The van der Waals surface area contributed by atoms with Crippen LogP contribution in [0.3, 0.4) is 0 Å². The van der Waals surface area contributed by atoms with Crippen molar-refractivity contribution in [2.45, 2.75) is 45.1 Å². The third-order valence-electron chi connectivity index (χ3n) is 3.61. The van der Waals surface area contributed by atoms with E-state index >= 15 is 0 Å². The molecule has 0 spiro atoms. The molecule has 1 aliphatic rings. The molecule has 1 heterocycles. The molecule has 5 heteroatoms. The number of hydrogen-bond acceptors (Lipinski definition) is 3. The second-order valence-corrected chi connectivity index (χ2v) is 5.88. The molecule has 1 aromatic rings. The van der Waals surface area contributed by atoms with E-state index in [1.807, 2.05) is 16.1 Å². The molecule has 2 rings (SSSR count). The topological polar surface area (TPSA) is 43.6 Å². The highest BCUT2D eigenvalue weighted by molar-refractivity contribution is 7.07. The maximum absolute atomic E-state index is 12.2. The Hall–Kier alpha value is -0.940. The SMILES string of the molecule is COCCn1ccs/c1=N\C(=O)C1CCCCCC1. The normalized spacial score (nSPS) is 18.5. The summed E-state index contributed by atoms with van der Waals surface area (Å²) in [6.07, 6.45) is 8.83. The second kappa shape index (κ2) is 7.60. The number of thiazole rings is 1. The van der Waals surface area contributed by atoms with E-state index in [-0.39, 0.29) is 11.8 Å². The zero-order valence-corrected chi connectivity index (χ0v) is 12.3. The van der Waals surface area contributed by atoms with Gasteiger partial charge in [-0.05, 0) is 12.8 Å². The van der Waals surface area contributed by atoms with Gasteiger partial charge in [0.25, 0.3) is 5.91 Å². The fourth-order valence-corrected chi connectivity index (χ4v) is 3.22. The van der Waals surface area contributed by atoms with Crippen LogP contribution in [0.25, 0.3) is 0 Å². The third-order valence-corrected chi connectivity index (χ3v) is 4.40. The maximum atomic E-state index is 12.2. The minimum absolute atomic E-state index is 0.0653. The van der Waals surface area contributed by atoms with E-state index in [1.54, 1.807) is 7.11 Å². The number of methoxy groups -OCH3 is 1. The van der Waals surface area contributed by atoms with E-state index in [0.717, 1.165) is 24.2 Å². The Kier molecular flexibility index (Phi) is 5.79. The van der Waals surface area contributed by atoms with Gasteiger partial charge in [-0.25, -0.2) is 0 Å². The number of nitrogens with zero attached hydrogens (tertiary/aromatic N) is 2. The molecule has 1 amide bonds. The molecule has 106 valence electrons. The van der Waals surface area contributed by atoms with E-state index in [2.05, 4.69) is 4.99 Å².